The number of rotatable bonds is 8. The Balaban J connectivity index is 1.50. The van der Waals surface area contributed by atoms with Crippen molar-refractivity contribution in [2.45, 2.75) is 30.6 Å². The molecule has 0 radical (unpaired) electrons. The van der Waals surface area contributed by atoms with Gasteiger partial charge in [-0.05, 0) is 98.1 Å². The van der Waals surface area contributed by atoms with Crippen molar-refractivity contribution in [2.75, 3.05) is 14.8 Å². The first-order chi connectivity index (χ1) is 18.4. The zero-order chi connectivity index (χ0) is 28.4. The van der Waals surface area contributed by atoms with Crippen LogP contribution in [0.1, 0.15) is 27.0 Å². The second kappa shape index (κ2) is 11.1. The van der Waals surface area contributed by atoms with Crippen LogP contribution >= 0.6 is 11.6 Å². The summed E-state index contributed by atoms with van der Waals surface area (Å²) in [6.45, 7) is 5.59. The largest absolute Gasteiger partial charge is 0.322 e. The van der Waals surface area contributed by atoms with Crippen LogP contribution in [0, 0.1) is 20.8 Å². The van der Waals surface area contributed by atoms with E-state index < -0.39 is 26.0 Å². The average Bonchev–Trinajstić information content (AvgIpc) is 2.88. The topological polar surface area (TPSA) is 121 Å². The smallest absolute Gasteiger partial charge is 0.263 e. The molecule has 39 heavy (non-hydrogen) atoms. The molecule has 0 fully saturated rings. The van der Waals surface area contributed by atoms with E-state index in [4.69, 9.17) is 11.6 Å². The fourth-order valence-electron chi connectivity index (χ4n) is 3.68. The van der Waals surface area contributed by atoms with Gasteiger partial charge in [0.2, 0.25) is 0 Å². The van der Waals surface area contributed by atoms with Crippen LogP contribution in [0.5, 0.6) is 0 Å². The quantitative estimate of drug-likeness (QED) is 0.231. The summed E-state index contributed by atoms with van der Waals surface area (Å²) < 4.78 is 56.7. The molecular formula is C28H26ClN3O5S2. The highest BCUT2D eigenvalue weighted by atomic mass is 35.5. The maximum Gasteiger partial charge on any atom is 0.263 e. The minimum Gasteiger partial charge on any atom is -0.322 e. The van der Waals surface area contributed by atoms with Crippen LogP contribution in [0.2, 0.25) is 5.02 Å². The molecule has 0 aromatic heterocycles. The monoisotopic (exact) mass is 583 g/mol. The van der Waals surface area contributed by atoms with E-state index in [2.05, 4.69) is 14.8 Å². The Morgan fingerprint density at radius 3 is 2.00 bits per heavy atom. The van der Waals surface area contributed by atoms with Crippen molar-refractivity contribution in [3.05, 3.63) is 112 Å². The zero-order valence-electron chi connectivity index (χ0n) is 21.3. The summed E-state index contributed by atoms with van der Waals surface area (Å²) in [6, 6.07) is 21.7. The van der Waals surface area contributed by atoms with E-state index >= 15 is 0 Å². The van der Waals surface area contributed by atoms with Gasteiger partial charge in [-0.2, -0.15) is 0 Å². The average molecular weight is 584 g/mol. The summed E-state index contributed by atoms with van der Waals surface area (Å²) in [5, 5.41) is 2.60. The number of carbonyl (C=O) groups excluding carboxylic acids is 1. The third-order valence-corrected chi connectivity index (χ3v) is 9.30. The maximum atomic E-state index is 13.0. The van der Waals surface area contributed by atoms with E-state index in [1.807, 2.05) is 19.9 Å². The summed E-state index contributed by atoms with van der Waals surface area (Å²) in [5.41, 5.74) is 3.94. The van der Waals surface area contributed by atoms with Gasteiger partial charge in [0.1, 0.15) is 4.90 Å². The number of hydrogen-bond donors (Lipinski definition) is 3. The molecule has 11 heteroatoms. The van der Waals surface area contributed by atoms with Gasteiger partial charge in [-0.25, -0.2) is 16.8 Å². The van der Waals surface area contributed by atoms with Gasteiger partial charge in [-0.15, -0.1) is 0 Å². The molecule has 1 amide bonds. The van der Waals surface area contributed by atoms with E-state index in [-0.39, 0.29) is 20.4 Å². The number of anilines is 3. The number of sulfonamides is 2. The molecule has 0 saturated carbocycles. The van der Waals surface area contributed by atoms with Crippen LogP contribution < -0.4 is 14.8 Å². The number of nitrogens with one attached hydrogen (secondary N) is 3. The number of carbonyl (C=O) groups is 1. The molecule has 202 valence electrons. The van der Waals surface area contributed by atoms with E-state index in [0.29, 0.717) is 17.1 Å². The van der Waals surface area contributed by atoms with Crippen molar-refractivity contribution >= 4 is 54.6 Å². The van der Waals surface area contributed by atoms with Gasteiger partial charge in [0.25, 0.3) is 26.0 Å². The first-order valence-corrected chi connectivity index (χ1v) is 15.1. The van der Waals surface area contributed by atoms with Crippen molar-refractivity contribution in [1.29, 1.82) is 0 Å². The summed E-state index contributed by atoms with van der Waals surface area (Å²) in [7, 11) is -7.93. The summed E-state index contributed by atoms with van der Waals surface area (Å²) in [5.74, 6) is -0.595. The van der Waals surface area contributed by atoms with Crippen LogP contribution in [0.15, 0.2) is 94.7 Å². The van der Waals surface area contributed by atoms with Gasteiger partial charge >= 0.3 is 0 Å². The molecule has 3 N–H and O–H groups in total. The zero-order valence-corrected chi connectivity index (χ0v) is 23.7. The van der Waals surface area contributed by atoms with Crippen LogP contribution in [-0.2, 0) is 20.0 Å². The Labute approximate surface area is 233 Å². The first-order valence-electron chi connectivity index (χ1n) is 11.8. The van der Waals surface area contributed by atoms with Gasteiger partial charge in [0.05, 0.1) is 15.6 Å². The fraction of sp³-hybridized carbons (Fsp3) is 0.107. The van der Waals surface area contributed by atoms with Crippen molar-refractivity contribution in [2.24, 2.45) is 0 Å². The Bertz CT molecular complexity index is 1770. The van der Waals surface area contributed by atoms with Gasteiger partial charge in [0, 0.05) is 16.9 Å². The van der Waals surface area contributed by atoms with Gasteiger partial charge in [-0.3, -0.25) is 14.2 Å². The molecule has 0 spiro atoms. The standard InChI is InChI=1S/C28H26ClN3O5S2/c1-18-8-10-23(16-20(18)3)31-38(34,35)24-13-11-22(12-14-24)30-28(33)21-9-15-25(29)27(17-21)39(36,37)32-26-7-5-4-6-19(26)2/h4-17,31-32H,1-3H3,(H,30,33). The Kier molecular flexibility index (Phi) is 8.01. The van der Waals surface area contributed by atoms with Crippen LogP contribution in [0.25, 0.3) is 0 Å². The minimum atomic E-state index is -4.08. The number of aryl methyl sites for hydroxylation is 3. The molecule has 0 atom stereocenters. The van der Waals surface area contributed by atoms with E-state index in [0.717, 1.165) is 16.7 Å². The Morgan fingerprint density at radius 2 is 1.33 bits per heavy atom. The Morgan fingerprint density at radius 1 is 0.667 bits per heavy atom. The van der Waals surface area contributed by atoms with Crippen LogP contribution in [-0.4, -0.2) is 22.7 Å². The summed E-state index contributed by atoms with van der Waals surface area (Å²) in [6.07, 6.45) is 0. The normalized spacial score (nSPS) is 11.6. The minimum absolute atomic E-state index is 0.0147. The highest BCUT2D eigenvalue weighted by Gasteiger charge is 2.21. The molecule has 8 nitrogen and oxygen atoms in total. The highest BCUT2D eigenvalue weighted by molar-refractivity contribution is 7.93. The van der Waals surface area contributed by atoms with Gasteiger partial charge in [0.15, 0.2) is 0 Å². The van der Waals surface area contributed by atoms with Crippen molar-refractivity contribution in [1.82, 2.24) is 0 Å². The maximum absolute atomic E-state index is 13.0. The van der Waals surface area contributed by atoms with Crippen molar-refractivity contribution in [3.8, 4) is 0 Å². The van der Waals surface area contributed by atoms with Crippen LogP contribution in [0.3, 0.4) is 0 Å². The van der Waals surface area contributed by atoms with Crippen molar-refractivity contribution < 1.29 is 21.6 Å². The molecule has 4 aromatic carbocycles. The molecule has 0 unspecified atom stereocenters. The molecule has 0 aliphatic carbocycles. The molecular weight excluding hydrogens is 558 g/mol. The SMILES string of the molecule is Cc1ccc(NS(=O)(=O)c2ccc(NC(=O)c3ccc(Cl)c(S(=O)(=O)Nc4ccccc4C)c3)cc2)cc1C. The molecule has 4 rings (SSSR count). The van der Waals surface area contributed by atoms with E-state index in [9.17, 15) is 21.6 Å². The number of para-hydroxylation sites is 1. The second-order valence-corrected chi connectivity index (χ2v) is 12.7. The van der Waals surface area contributed by atoms with E-state index in [1.165, 1.54) is 42.5 Å². The fourth-order valence-corrected chi connectivity index (χ4v) is 6.38. The summed E-state index contributed by atoms with van der Waals surface area (Å²) in [4.78, 5) is 12.7. The predicted molar refractivity (Wildman–Crippen MR) is 155 cm³/mol. The Hall–Kier alpha value is -3.86. The van der Waals surface area contributed by atoms with E-state index in [1.54, 1.807) is 43.3 Å². The molecule has 0 saturated heterocycles. The van der Waals surface area contributed by atoms with Gasteiger partial charge in [-0.1, -0.05) is 35.9 Å². The van der Waals surface area contributed by atoms with Crippen LogP contribution in [0.4, 0.5) is 17.1 Å². The van der Waals surface area contributed by atoms with Gasteiger partial charge < -0.3 is 5.32 Å². The molecule has 4 aromatic rings. The first kappa shape index (κ1) is 28.2. The third kappa shape index (κ3) is 6.59. The number of benzene rings is 4. The van der Waals surface area contributed by atoms with Crippen molar-refractivity contribution in [3.63, 3.8) is 0 Å². The summed E-state index contributed by atoms with van der Waals surface area (Å²) >= 11 is 6.17. The third-order valence-electron chi connectivity index (χ3n) is 6.05. The lowest BCUT2D eigenvalue weighted by molar-refractivity contribution is 0.102. The number of hydrogen-bond acceptors (Lipinski definition) is 5. The predicted octanol–water partition coefficient (Wildman–Crippen LogP) is 6.12. The molecule has 0 heterocycles. The highest BCUT2D eigenvalue weighted by Crippen LogP contribution is 2.27. The number of halogens is 1. The lowest BCUT2D eigenvalue weighted by Gasteiger charge is -2.13. The second-order valence-electron chi connectivity index (χ2n) is 8.95. The molecule has 0 aliphatic heterocycles. The lowest BCUT2D eigenvalue weighted by Crippen LogP contribution is -2.17. The number of amides is 1. The molecule has 0 aliphatic rings. The lowest BCUT2D eigenvalue weighted by atomic mass is 10.1. The molecule has 0 bridgehead atoms.